The first-order valence-electron chi connectivity index (χ1n) is 6.11. The molecule has 0 bridgehead atoms. The average molecular weight is 304 g/mol. The third kappa shape index (κ3) is 3.68. The molecule has 1 saturated heterocycles. The van der Waals surface area contributed by atoms with Gasteiger partial charge < -0.3 is 5.73 Å². The van der Waals surface area contributed by atoms with Crippen LogP contribution in [0.1, 0.15) is 18.4 Å². The van der Waals surface area contributed by atoms with E-state index in [1.54, 1.807) is 11.8 Å². The number of rotatable bonds is 4. The lowest BCUT2D eigenvalue weighted by atomic mass is 10.2. The molecule has 0 amide bonds. The highest BCUT2D eigenvalue weighted by atomic mass is 32.2. The van der Waals surface area contributed by atoms with Crippen LogP contribution in [0.5, 0.6) is 0 Å². The highest BCUT2D eigenvalue weighted by molar-refractivity contribution is 7.99. The first-order chi connectivity index (χ1) is 9.03. The molecule has 19 heavy (non-hydrogen) atoms. The van der Waals surface area contributed by atoms with Crippen LogP contribution in [0.15, 0.2) is 23.1 Å². The van der Waals surface area contributed by atoms with Gasteiger partial charge in [-0.2, -0.15) is 11.8 Å². The van der Waals surface area contributed by atoms with E-state index >= 15 is 0 Å². The van der Waals surface area contributed by atoms with Crippen LogP contribution in [0, 0.1) is 5.82 Å². The standard InChI is InChI=1S/C12H17FN2O2S2/c13-11-4-3-9(7-14)6-12(11)19(16,17)15-10-2-1-5-18-8-10/h3-4,6,10,15H,1-2,5,7-8,14H2. The summed E-state index contributed by atoms with van der Waals surface area (Å²) in [5.41, 5.74) is 6.05. The van der Waals surface area contributed by atoms with Crippen molar-refractivity contribution < 1.29 is 12.8 Å². The summed E-state index contributed by atoms with van der Waals surface area (Å²) in [7, 11) is -3.82. The molecule has 2 rings (SSSR count). The van der Waals surface area contributed by atoms with Crippen molar-refractivity contribution >= 4 is 21.8 Å². The van der Waals surface area contributed by atoms with Crippen molar-refractivity contribution in [1.82, 2.24) is 4.72 Å². The third-order valence-corrected chi connectivity index (χ3v) is 5.75. The van der Waals surface area contributed by atoms with Gasteiger partial charge >= 0.3 is 0 Å². The number of thioether (sulfide) groups is 1. The van der Waals surface area contributed by atoms with E-state index in [4.69, 9.17) is 5.73 Å². The van der Waals surface area contributed by atoms with Crippen LogP contribution >= 0.6 is 11.8 Å². The second kappa shape index (κ2) is 6.21. The summed E-state index contributed by atoms with van der Waals surface area (Å²) < 4.78 is 40.6. The van der Waals surface area contributed by atoms with E-state index in [1.807, 2.05) is 0 Å². The van der Waals surface area contributed by atoms with E-state index in [0.717, 1.165) is 30.4 Å². The van der Waals surface area contributed by atoms with Gasteiger partial charge in [0.15, 0.2) is 0 Å². The molecule has 106 valence electrons. The summed E-state index contributed by atoms with van der Waals surface area (Å²) in [4.78, 5) is -0.314. The van der Waals surface area contributed by atoms with E-state index in [0.29, 0.717) is 5.56 Å². The number of nitrogens with two attached hydrogens (primary N) is 1. The fourth-order valence-corrected chi connectivity index (χ4v) is 4.57. The van der Waals surface area contributed by atoms with E-state index in [-0.39, 0.29) is 17.5 Å². The second-order valence-electron chi connectivity index (χ2n) is 4.50. The van der Waals surface area contributed by atoms with Gasteiger partial charge in [0.05, 0.1) is 0 Å². The van der Waals surface area contributed by atoms with E-state index in [2.05, 4.69) is 4.72 Å². The molecule has 1 aromatic carbocycles. The maximum atomic E-state index is 13.7. The molecular weight excluding hydrogens is 287 g/mol. The van der Waals surface area contributed by atoms with E-state index in [9.17, 15) is 12.8 Å². The van der Waals surface area contributed by atoms with Crippen LogP contribution in [0.2, 0.25) is 0 Å². The Kier molecular flexibility index (Phi) is 4.83. The largest absolute Gasteiger partial charge is 0.326 e. The molecule has 0 saturated carbocycles. The lowest BCUT2D eigenvalue weighted by molar-refractivity contribution is 0.530. The van der Waals surface area contributed by atoms with Gasteiger partial charge in [0.2, 0.25) is 10.0 Å². The molecule has 3 N–H and O–H groups in total. The fraction of sp³-hybridized carbons (Fsp3) is 0.500. The monoisotopic (exact) mass is 304 g/mol. The molecule has 1 aliphatic rings. The highest BCUT2D eigenvalue weighted by Crippen LogP contribution is 2.21. The molecule has 0 spiro atoms. The Balaban J connectivity index is 2.23. The zero-order valence-electron chi connectivity index (χ0n) is 10.4. The van der Waals surface area contributed by atoms with Crippen molar-refractivity contribution in [1.29, 1.82) is 0 Å². The number of benzene rings is 1. The molecule has 1 aromatic rings. The molecular formula is C12H17FN2O2S2. The maximum Gasteiger partial charge on any atom is 0.243 e. The first-order valence-corrected chi connectivity index (χ1v) is 8.75. The molecule has 1 fully saturated rings. The van der Waals surface area contributed by atoms with Crippen molar-refractivity contribution in [2.24, 2.45) is 5.73 Å². The van der Waals surface area contributed by atoms with Gasteiger partial charge in [-0.25, -0.2) is 17.5 Å². The van der Waals surface area contributed by atoms with E-state index in [1.165, 1.54) is 12.1 Å². The quantitative estimate of drug-likeness (QED) is 0.883. The van der Waals surface area contributed by atoms with Crippen molar-refractivity contribution in [2.45, 2.75) is 30.3 Å². The van der Waals surface area contributed by atoms with Crippen molar-refractivity contribution in [3.8, 4) is 0 Å². The Labute approximate surface area is 117 Å². The van der Waals surface area contributed by atoms with Crippen molar-refractivity contribution in [2.75, 3.05) is 11.5 Å². The van der Waals surface area contributed by atoms with Crippen LogP contribution in [0.3, 0.4) is 0 Å². The van der Waals surface area contributed by atoms with Gasteiger partial charge in [0.1, 0.15) is 10.7 Å². The zero-order chi connectivity index (χ0) is 13.9. The maximum absolute atomic E-state index is 13.7. The summed E-state index contributed by atoms with van der Waals surface area (Å²) in [6.07, 6.45) is 1.77. The molecule has 1 heterocycles. The summed E-state index contributed by atoms with van der Waals surface area (Å²) in [6.45, 7) is 0.183. The van der Waals surface area contributed by atoms with Gasteiger partial charge in [-0.1, -0.05) is 6.07 Å². The predicted molar refractivity (Wildman–Crippen MR) is 75.0 cm³/mol. The molecule has 0 aliphatic carbocycles. The number of hydrogen-bond acceptors (Lipinski definition) is 4. The molecule has 1 unspecified atom stereocenters. The molecule has 4 nitrogen and oxygen atoms in total. The molecule has 1 atom stereocenters. The first kappa shape index (κ1) is 14.8. The van der Waals surface area contributed by atoms with Gasteiger partial charge in [0, 0.05) is 18.3 Å². The number of sulfonamides is 1. The van der Waals surface area contributed by atoms with E-state index < -0.39 is 15.8 Å². The van der Waals surface area contributed by atoms with Gasteiger partial charge in [-0.3, -0.25) is 0 Å². The minimum absolute atomic E-state index is 0.121. The van der Waals surface area contributed by atoms with Crippen LogP contribution < -0.4 is 10.5 Å². The SMILES string of the molecule is NCc1ccc(F)c(S(=O)(=O)NC2CCCSC2)c1. The minimum atomic E-state index is -3.82. The average Bonchev–Trinajstić information content (AvgIpc) is 2.39. The third-order valence-electron chi connectivity index (χ3n) is 3.00. The molecule has 7 heteroatoms. The Morgan fingerprint density at radius 2 is 2.26 bits per heavy atom. The van der Waals surface area contributed by atoms with Crippen molar-refractivity contribution in [3.63, 3.8) is 0 Å². The van der Waals surface area contributed by atoms with Crippen LogP contribution in [-0.2, 0) is 16.6 Å². The number of hydrogen-bond donors (Lipinski definition) is 2. The number of halogens is 1. The molecule has 1 aliphatic heterocycles. The second-order valence-corrected chi connectivity index (χ2v) is 7.34. The summed E-state index contributed by atoms with van der Waals surface area (Å²) in [5.74, 6) is 1.04. The Morgan fingerprint density at radius 1 is 1.47 bits per heavy atom. The smallest absolute Gasteiger partial charge is 0.243 e. The highest BCUT2D eigenvalue weighted by Gasteiger charge is 2.24. The Bertz CT molecular complexity index is 543. The Hall–Kier alpha value is -0.630. The summed E-state index contributed by atoms with van der Waals surface area (Å²) in [6, 6.07) is 3.81. The summed E-state index contributed by atoms with van der Waals surface area (Å²) >= 11 is 1.71. The van der Waals surface area contributed by atoms with Gasteiger partial charge in [0.25, 0.3) is 0 Å². The predicted octanol–water partition coefficient (Wildman–Crippen LogP) is 1.46. The lowest BCUT2D eigenvalue weighted by Gasteiger charge is -2.22. The van der Waals surface area contributed by atoms with Gasteiger partial charge in [-0.05, 0) is 36.3 Å². The fourth-order valence-electron chi connectivity index (χ4n) is 2.00. The minimum Gasteiger partial charge on any atom is -0.326 e. The summed E-state index contributed by atoms with van der Waals surface area (Å²) in [5, 5.41) is 0. The normalized spacial score (nSPS) is 20.4. The molecule has 0 aromatic heterocycles. The van der Waals surface area contributed by atoms with Crippen molar-refractivity contribution in [3.05, 3.63) is 29.6 Å². The van der Waals surface area contributed by atoms with Crippen LogP contribution in [0.4, 0.5) is 4.39 Å². The Morgan fingerprint density at radius 3 is 2.89 bits per heavy atom. The zero-order valence-corrected chi connectivity index (χ0v) is 12.1. The number of nitrogens with one attached hydrogen (secondary N) is 1. The molecule has 0 radical (unpaired) electrons. The topological polar surface area (TPSA) is 72.2 Å². The van der Waals surface area contributed by atoms with Gasteiger partial charge in [-0.15, -0.1) is 0 Å². The van der Waals surface area contributed by atoms with Crippen LogP contribution in [-0.4, -0.2) is 26.0 Å². The lowest BCUT2D eigenvalue weighted by Crippen LogP contribution is -2.38. The van der Waals surface area contributed by atoms with Crippen LogP contribution in [0.25, 0.3) is 0 Å².